The van der Waals surface area contributed by atoms with E-state index in [1.807, 2.05) is 0 Å². The van der Waals surface area contributed by atoms with Gasteiger partial charge in [-0.05, 0) is 29.8 Å². The van der Waals surface area contributed by atoms with Crippen molar-refractivity contribution in [2.75, 3.05) is 5.32 Å². The Morgan fingerprint density at radius 3 is 2.67 bits per heavy atom. The van der Waals surface area contributed by atoms with Crippen LogP contribution in [-0.4, -0.2) is 27.1 Å². The van der Waals surface area contributed by atoms with Crippen LogP contribution in [0.1, 0.15) is 15.9 Å². The highest BCUT2D eigenvalue weighted by Crippen LogP contribution is 2.27. The second kappa shape index (κ2) is 6.33. The van der Waals surface area contributed by atoms with Gasteiger partial charge in [-0.2, -0.15) is 0 Å². The normalized spacial score (nSPS) is 10.5. The second-order valence-electron chi connectivity index (χ2n) is 4.12. The minimum absolute atomic E-state index is 0.0377. The standard InChI is InChI=1S/C15H12N2O4/c18-13(7-6-10-3-2-8-16-9-10)17-12-5-1-4-11(14(12)19)15(20)21/h1-9,19H,(H,17,18)(H,20,21)/b7-6+. The van der Waals surface area contributed by atoms with E-state index < -0.39 is 17.6 Å². The van der Waals surface area contributed by atoms with Crippen LogP contribution in [0.25, 0.3) is 6.08 Å². The van der Waals surface area contributed by atoms with E-state index in [2.05, 4.69) is 10.3 Å². The molecule has 3 N–H and O–H groups in total. The van der Waals surface area contributed by atoms with E-state index in [0.29, 0.717) is 0 Å². The first-order chi connectivity index (χ1) is 10.1. The van der Waals surface area contributed by atoms with E-state index in [9.17, 15) is 14.7 Å². The molecule has 0 spiro atoms. The van der Waals surface area contributed by atoms with Gasteiger partial charge in [0, 0.05) is 18.5 Å². The number of para-hydroxylation sites is 1. The maximum Gasteiger partial charge on any atom is 0.339 e. The maximum atomic E-state index is 11.7. The number of aromatic carboxylic acids is 1. The summed E-state index contributed by atoms with van der Waals surface area (Å²) in [6.07, 6.45) is 6.03. The molecule has 0 saturated carbocycles. The molecule has 0 unspecified atom stereocenters. The topological polar surface area (TPSA) is 99.5 Å². The van der Waals surface area contributed by atoms with Crippen LogP contribution in [0.2, 0.25) is 0 Å². The maximum absolute atomic E-state index is 11.7. The fraction of sp³-hybridized carbons (Fsp3) is 0. The summed E-state index contributed by atoms with van der Waals surface area (Å²) in [4.78, 5) is 26.5. The van der Waals surface area contributed by atoms with Crippen LogP contribution >= 0.6 is 0 Å². The quantitative estimate of drug-likeness (QED) is 0.590. The van der Waals surface area contributed by atoms with Crippen LogP contribution in [0.15, 0.2) is 48.8 Å². The Morgan fingerprint density at radius 1 is 1.19 bits per heavy atom. The summed E-state index contributed by atoms with van der Waals surface area (Å²) in [5.41, 5.74) is 0.510. The monoisotopic (exact) mass is 284 g/mol. The lowest BCUT2D eigenvalue weighted by atomic mass is 10.1. The first-order valence-electron chi connectivity index (χ1n) is 6.02. The molecule has 2 rings (SSSR count). The summed E-state index contributed by atoms with van der Waals surface area (Å²) in [5, 5.41) is 21.1. The number of carboxylic acid groups (broad SMARTS) is 1. The zero-order valence-corrected chi connectivity index (χ0v) is 10.9. The lowest BCUT2D eigenvalue weighted by Gasteiger charge is -2.07. The summed E-state index contributed by atoms with van der Waals surface area (Å²) in [6.45, 7) is 0. The van der Waals surface area contributed by atoms with Gasteiger partial charge in [0.05, 0.1) is 5.69 Å². The average Bonchev–Trinajstić information content (AvgIpc) is 2.48. The van der Waals surface area contributed by atoms with Gasteiger partial charge in [-0.1, -0.05) is 12.1 Å². The molecular formula is C15H12N2O4. The molecule has 0 aliphatic carbocycles. The van der Waals surface area contributed by atoms with Crippen molar-refractivity contribution < 1.29 is 19.8 Å². The highest BCUT2D eigenvalue weighted by atomic mass is 16.4. The van der Waals surface area contributed by atoms with E-state index in [1.54, 1.807) is 30.6 Å². The van der Waals surface area contributed by atoms with Crippen LogP contribution in [0.3, 0.4) is 0 Å². The molecule has 0 fully saturated rings. The molecule has 0 atom stereocenters. The highest BCUT2D eigenvalue weighted by molar-refractivity contribution is 6.04. The molecule has 1 aromatic heterocycles. The molecule has 21 heavy (non-hydrogen) atoms. The highest BCUT2D eigenvalue weighted by Gasteiger charge is 2.13. The van der Waals surface area contributed by atoms with Gasteiger partial charge in [-0.15, -0.1) is 0 Å². The number of carbonyl (C=O) groups is 2. The van der Waals surface area contributed by atoms with Crippen molar-refractivity contribution in [2.45, 2.75) is 0 Å². The molecule has 0 radical (unpaired) electrons. The largest absolute Gasteiger partial charge is 0.505 e. The SMILES string of the molecule is O=C(/C=C/c1cccnc1)Nc1cccc(C(=O)O)c1O. The number of nitrogens with zero attached hydrogens (tertiary/aromatic N) is 1. The number of nitrogens with one attached hydrogen (secondary N) is 1. The first kappa shape index (κ1) is 14.3. The smallest absolute Gasteiger partial charge is 0.339 e. The third-order valence-electron chi connectivity index (χ3n) is 2.64. The molecule has 6 heteroatoms. The summed E-state index contributed by atoms with van der Waals surface area (Å²) < 4.78 is 0. The molecule has 0 aliphatic rings. The van der Waals surface area contributed by atoms with Crippen molar-refractivity contribution in [2.24, 2.45) is 0 Å². The molecular weight excluding hydrogens is 272 g/mol. The van der Waals surface area contributed by atoms with Crippen LogP contribution < -0.4 is 5.32 Å². The summed E-state index contributed by atoms with van der Waals surface area (Å²) >= 11 is 0. The predicted octanol–water partition coefficient (Wildman–Crippen LogP) is 2.14. The zero-order chi connectivity index (χ0) is 15.2. The number of hydrogen-bond donors (Lipinski definition) is 3. The fourth-order valence-corrected chi connectivity index (χ4v) is 1.64. The number of amides is 1. The van der Waals surface area contributed by atoms with Gasteiger partial charge in [0.2, 0.25) is 5.91 Å². The van der Waals surface area contributed by atoms with Crippen molar-refractivity contribution >= 4 is 23.6 Å². The number of aromatic nitrogens is 1. The van der Waals surface area contributed by atoms with Crippen molar-refractivity contribution in [3.8, 4) is 5.75 Å². The zero-order valence-electron chi connectivity index (χ0n) is 10.9. The first-order valence-corrected chi connectivity index (χ1v) is 6.02. The third-order valence-corrected chi connectivity index (χ3v) is 2.64. The van der Waals surface area contributed by atoms with Gasteiger partial charge in [-0.25, -0.2) is 4.79 Å². The van der Waals surface area contributed by atoms with E-state index >= 15 is 0 Å². The Hall–Kier alpha value is -3.15. The number of carbonyl (C=O) groups excluding carboxylic acids is 1. The summed E-state index contributed by atoms with van der Waals surface area (Å²) in [6, 6.07) is 7.61. The van der Waals surface area contributed by atoms with E-state index in [4.69, 9.17) is 5.11 Å². The average molecular weight is 284 g/mol. The minimum atomic E-state index is -1.27. The number of carboxylic acids is 1. The van der Waals surface area contributed by atoms with Gasteiger partial charge in [0.1, 0.15) is 5.56 Å². The van der Waals surface area contributed by atoms with Crippen LogP contribution in [0.5, 0.6) is 5.75 Å². The number of hydrogen-bond acceptors (Lipinski definition) is 4. The Bertz CT molecular complexity index is 696. The number of benzene rings is 1. The molecule has 6 nitrogen and oxygen atoms in total. The van der Waals surface area contributed by atoms with Crippen LogP contribution in [-0.2, 0) is 4.79 Å². The lowest BCUT2D eigenvalue weighted by molar-refractivity contribution is -0.111. The lowest BCUT2D eigenvalue weighted by Crippen LogP contribution is -2.09. The van der Waals surface area contributed by atoms with E-state index in [1.165, 1.54) is 24.3 Å². The number of pyridine rings is 1. The number of anilines is 1. The van der Waals surface area contributed by atoms with E-state index in [0.717, 1.165) is 5.56 Å². The number of aromatic hydroxyl groups is 1. The Morgan fingerprint density at radius 2 is 2.00 bits per heavy atom. The van der Waals surface area contributed by atoms with Gasteiger partial charge in [0.15, 0.2) is 5.75 Å². The molecule has 106 valence electrons. The van der Waals surface area contributed by atoms with Crippen molar-refractivity contribution in [3.05, 3.63) is 59.9 Å². The summed E-state index contributed by atoms with van der Waals surface area (Å²) in [5.74, 6) is -2.24. The molecule has 0 aliphatic heterocycles. The third kappa shape index (κ3) is 3.66. The number of rotatable bonds is 4. The van der Waals surface area contributed by atoms with Crippen molar-refractivity contribution in [3.63, 3.8) is 0 Å². The molecule has 2 aromatic rings. The fourth-order valence-electron chi connectivity index (χ4n) is 1.64. The Kier molecular flexibility index (Phi) is 4.30. The van der Waals surface area contributed by atoms with Gasteiger partial charge in [0.25, 0.3) is 0 Å². The van der Waals surface area contributed by atoms with Crippen molar-refractivity contribution in [1.29, 1.82) is 0 Å². The van der Waals surface area contributed by atoms with Gasteiger partial charge < -0.3 is 15.5 Å². The predicted molar refractivity (Wildman–Crippen MR) is 77.0 cm³/mol. The molecule has 0 saturated heterocycles. The van der Waals surface area contributed by atoms with Crippen LogP contribution in [0, 0.1) is 0 Å². The van der Waals surface area contributed by atoms with Crippen molar-refractivity contribution in [1.82, 2.24) is 4.98 Å². The van der Waals surface area contributed by atoms with Crippen LogP contribution in [0.4, 0.5) is 5.69 Å². The van der Waals surface area contributed by atoms with Gasteiger partial charge >= 0.3 is 5.97 Å². The Balaban J connectivity index is 2.12. The molecule has 1 heterocycles. The molecule has 0 bridgehead atoms. The van der Waals surface area contributed by atoms with Gasteiger partial charge in [-0.3, -0.25) is 9.78 Å². The minimum Gasteiger partial charge on any atom is -0.505 e. The molecule has 1 amide bonds. The van der Waals surface area contributed by atoms with E-state index in [-0.39, 0.29) is 11.3 Å². The second-order valence-corrected chi connectivity index (χ2v) is 4.12. The number of phenols is 1. The Labute approximate surface area is 120 Å². The molecule has 1 aromatic carbocycles. The summed E-state index contributed by atoms with van der Waals surface area (Å²) in [7, 11) is 0.